The largest absolute Gasteiger partial charge is 0.493 e. The number of methoxy groups -OCH3 is 2. The average molecular weight is 604 g/mol. The molecule has 0 fully saturated rings. The summed E-state index contributed by atoms with van der Waals surface area (Å²) in [6, 6.07) is 13.4. The molecule has 3 aromatic rings. The number of nitro groups is 1. The molecule has 0 radical (unpaired) electrons. The summed E-state index contributed by atoms with van der Waals surface area (Å²) in [6.45, 7) is 3.65. The third kappa shape index (κ3) is 9.17. The van der Waals surface area contributed by atoms with Crippen molar-refractivity contribution in [3.8, 4) is 11.5 Å². The van der Waals surface area contributed by atoms with E-state index in [4.69, 9.17) is 25.8 Å². The molecule has 0 unspecified atom stereocenters. The lowest BCUT2D eigenvalue weighted by atomic mass is 10.1. The zero-order valence-corrected chi connectivity index (χ0v) is 24.9. The first kappa shape index (κ1) is 31.9. The van der Waals surface area contributed by atoms with E-state index in [0.29, 0.717) is 50.6 Å². The highest BCUT2D eigenvalue weighted by molar-refractivity contribution is 7.09. The molecular formula is C29H34ClN3O7S. The Kier molecular flexibility index (Phi) is 12.4. The smallest absolute Gasteiger partial charge is 0.288 e. The molecule has 2 aromatic carbocycles. The van der Waals surface area contributed by atoms with Crippen LogP contribution in [-0.2, 0) is 22.5 Å². The van der Waals surface area contributed by atoms with Crippen molar-refractivity contribution in [1.29, 1.82) is 0 Å². The molecule has 0 aliphatic rings. The van der Waals surface area contributed by atoms with E-state index in [1.54, 1.807) is 30.5 Å². The third-order valence-electron chi connectivity index (χ3n) is 6.32. The second-order valence-electron chi connectivity index (χ2n) is 9.03. The van der Waals surface area contributed by atoms with E-state index in [0.717, 1.165) is 16.5 Å². The fourth-order valence-electron chi connectivity index (χ4n) is 4.17. The molecule has 0 aliphatic heterocycles. The van der Waals surface area contributed by atoms with Crippen LogP contribution in [-0.4, -0.2) is 73.6 Å². The Labute approximate surface area is 248 Å². The number of ether oxygens (including phenoxy) is 3. The van der Waals surface area contributed by atoms with Gasteiger partial charge in [-0.2, -0.15) is 0 Å². The molecule has 2 amide bonds. The van der Waals surface area contributed by atoms with Gasteiger partial charge < -0.3 is 24.0 Å². The highest BCUT2D eigenvalue weighted by Crippen LogP contribution is 2.28. The van der Waals surface area contributed by atoms with Crippen molar-refractivity contribution in [1.82, 2.24) is 9.80 Å². The zero-order valence-electron chi connectivity index (χ0n) is 23.3. The number of amides is 2. The van der Waals surface area contributed by atoms with Gasteiger partial charge in [0.15, 0.2) is 11.5 Å². The Bertz CT molecular complexity index is 1320. The zero-order chi connectivity index (χ0) is 29.8. The van der Waals surface area contributed by atoms with Gasteiger partial charge in [0.25, 0.3) is 11.6 Å². The molecule has 1 heterocycles. The van der Waals surface area contributed by atoms with Gasteiger partial charge in [-0.05, 0) is 61.0 Å². The Balaban J connectivity index is 1.82. The molecule has 1 aromatic heterocycles. The van der Waals surface area contributed by atoms with Gasteiger partial charge in [-0.25, -0.2) is 0 Å². The fourth-order valence-corrected chi connectivity index (χ4v) is 5.07. The van der Waals surface area contributed by atoms with Crippen molar-refractivity contribution in [3.63, 3.8) is 0 Å². The van der Waals surface area contributed by atoms with Gasteiger partial charge >= 0.3 is 0 Å². The normalized spacial score (nSPS) is 10.7. The fraction of sp³-hybridized carbons (Fsp3) is 0.379. The minimum absolute atomic E-state index is 0.0668. The van der Waals surface area contributed by atoms with Gasteiger partial charge in [0.2, 0.25) is 5.91 Å². The SMILES string of the molecule is CCOCCCN(CC(=O)N(CCc1ccc(OC)c(OC)c1)Cc1cccs1)C(=O)c1ccc(Cl)c([N+](=O)[O-])c1. The van der Waals surface area contributed by atoms with Crippen molar-refractivity contribution >= 4 is 40.4 Å². The van der Waals surface area contributed by atoms with Gasteiger partial charge in [0, 0.05) is 42.8 Å². The van der Waals surface area contributed by atoms with E-state index >= 15 is 0 Å². The summed E-state index contributed by atoms with van der Waals surface area (Å²) in [5.74, 6) is 0.480. The summed E-state index contributed by atoms with van der Waals surface area (Å²) in [6.07, 6.45) is 1.05. The van der Waals surface area contributed by atoms with Gasteiger partial charge in [-0.15, -0.1) is 11.3 Å². The molecule has 10 nitrogen and oxygen atoms in total. The Hall–Kier alpha value is -3.67. The summed E-state index contributed by atoms with van der Waals surface area (Å²) in [5.41, 5.74) is 0.678. The maximum absolute atomic E-state index is 13.7. The van der Waals surface area contributed by atoms with Crippen molar-refractivity contribution in [2.45, 2.75) is 26.3 Å². The van der Waals surface area contributed by atoms with E-state index in [1.165, 1.54) is 17.0 Å². The Morgan fingerprint density at radius 1 is 1.02 bits per heavy atom. The number of carbonyl (C=O) groups is 2. The molecule has 0 spiro atoms. The molecule has 3 rings (SSSR count). The number of benzene rings is 2. The monoisotopic (exact) mass is 603 g/mol. The van der Waals surface area contributed by atoms with E-state index in [1.807, 2.05) is 42.6 Å². The molecule has 0 aliphatic carbocycles. The van der Waals surface area contributed by atoms with Gasteiger partial charge in [0.05, 0.1) is 25.7 Å². The van der Waals surface area contributed by atoms with E-state index in [9.17, 15) is 19.7 Å². The van der Waals surface area contributed by atoms with Crippen LogP contribution >= 0.6 is 22.9 Å². The minimum atomic E-state index is -0.638. The minimum Gasteiger partial charge on any atom is -0.493 e. The third-order valence-corrected chi connectivity index (χ3v) is 7.50. The Morgan fingerprint density at radius 3 is 2.46 bits per heavy atom. The standard InChI is InChI=1S/C29H34ClN3O7S/c1-4-40-15-6-13-32(29(35)22-9-10-24(30)25(18-22)33(36)37)20-28(34)31(19-23-7-5-16-41-23)14-12-21-8-11-26(38-2)27(17-21)39-3/h5,7-11,16-18H,4,6,12-15,19-20H2,1-3H3. The summed E-state index contributed by atoms with van der Waals surface area (Å²) in [7, 11) is 3.14. The number of carbonyl (C=O) groups excluding carboxylic acids is 2. The van der Waals surface area contributed by atoms with Crippen molar-refractivity contribution in [2.75, 3.05) is 47.1 Å². The van der Waals surface area contributed by atoms with Crippen molar-refractivity contribution in [3.05, 3.63) is 85.1 Å². The van der Waals surface area contributed by atoms with E-state index in [2.05, 4.69) is 0 Å². The van der Waals surface area contributed by atoms with Gasteiger partial charge in [0.1, 0.15) is 11.6 Å². The van der Waals surface area contributed by atoms with Crippen molar-refractivity contribution in [2.24, 2.45) is 0 Å². The van der Waals surface area contributed by atoms with Gasteiger partial charge in [-0.3, -0.25) is 19.7 Å². The second-order valence-corrected chi connectivity index (χ2v) is 10.5. The van der Waals surface area contributed by atoms with E-state index < -0.39 is 10.8 Å². The highest BCUT2D eigenvalue weighted by atomic mass is 35.5. The van der Waals surface area contributed by atoms with Gasteiger partial charge in [-0.1, -0.05) is 23.7 Å². The quantitative estimate of drug-likeness (QED) is 0.121. The first-order valence-electron chi connectivity index (χ1n) is 13.1. The van der Waals surface area contributed by atoms with Crippen LogP contribution in [0.1, 0.15) is 34.1 Å². The van der Waals surface area contributed by atoms with Crippen LogP contribution in [0.5, 0.6) is 11.5 Å². The molecule has 12 heteroatoms. The van der Waals surface area contributed by atoms with E-state index in [-0.39, 0.29) is 35.3 Å². The van der Waals surface area contributed by atoms with Crippen LogP contribution in [0.3, 0.4) is 0 Å². The summed E-state index contributed by atoms with van der Waals surface area (Å²) in [4.78, 5) is 42.1. The number of hydrogen-bond donors (Lipinski definition) is 0. The summed E-state index contributed by atoms with van der Waals surface area (Å²) < 4.78 is 16.2. The van der Waals surface area contributed by atoms with Crippen LogP contribution < -0.4 is 9.47 Å². The van der Waals surface area contributed by atoms with Crippen molar-refractivity contribution < 1.29 is 28.7 Å². The molecule has 0 bridgehead atoms. The lowest BCUT2D eigenvalue weighted by Gasteiger charge is -2.28. The molecule has 0 saturated heterocycles. The maximum Gasteiger partial charge on any atom is 0.288 e. The number of nitrogens with zero attached hydrogens (tertiary/aromatic N) is 3. The topological polar surface area (TPSA) is 111 Å². The molecule has 220 valence electrons. The number of thiophene rings is 1. The van der Waals surface area contributed by atoms with Crippen LogP contribution in [0, 0.1) is 10.1 Å². The van der Waals surface area contributed by atoms with Crippen LogP contribution in [0.15, 0.2) is 53.9 Å². The van der Waals surface area contributed by atoms with Crippen LogP contribution in [0.4, 0.5) is 5.69 Å². The molecule has 0 saturated carbocycles. The van der Waals surface area contributed by atoms with Crippen LogP contribution in [0.2, 0.25) is 5.02 Å². The predicted octanol–water partition coefficient (Wildman–Crippen LogP) is 5.47. The molecular weight excluding hydrogens is 570 g/mol. The average Bonchev–Trinajstić information content (AvgIpc) is 3.49. The lowest BCUT2D eigenvalue weighted by molar-refractivity contribution is -0.384. The molecule has 0 atom stereocenters. The predicted molar refractivity (Wildman–Crippen MR) is 158 cm³/mol. The number of rotatable bonds is 16. The first-order valence-corrected chi connectivity index (χ1v) is 14.3. The van der Waals surface area contributed by atoms with Crippen LogP contribution in [0.25, 0.3) is 0 Å². The summed E-state index contributed by atoms with van der Waals surface area (Å²) in [5, 5.41) is 13.3. The Morgan fingerprint density at radius 2 is 1.80 bits per heavy atom. The summed E-state index contributed by atoms with van der Waals surface area (Å²) >= 11 is 7.50. The first-order chi connectivity index (χ1) is 19.8. The second kappa shape index (κ2) is 15.9. The number of halogens is 1. The lowest BCUT2D eigenvalue weighted by Crippen LogP contribution is -2.44. The number of hydrogen-bond acceptors (Lipinski definition) is 8. The molecule has 0 N–H and O–H groups in total. The molecule has 41 heavy (non-hydrogen) atoms. The highest BCUT2D eigenvalue weighted by Gasteiger charge is 2.25. The maximum atomic E-state index is 13.7. The number of nitro benzene ring substituents is 1.